The van der Waals surface area contributed by atoms with Crippen molar-refractivity contribution in [1.29, 1.82) is 5.26 Å². The van der Waals surface area contributed by atoms with Gasteiger partial charge in [0.2, 0.25) is 0 Å². The maximum absolute atomic E-state index is 12.9. The number of aromatic nitrogens is 2. The monoisotopic (exact) mass is 304 g/mol. The SMILES string of the molecule is N#Cc1c(N)c2c3c(nn(-c4ccccc4)c(=O)c3c1O)CC2. The fourth-order valence-electron chi connectivity index (χ4n) is 3.19. The third-order valence-corrected chi connectivity index (χ3v) is 4.26. The van der Waals surface area contributed by atoms with E-state index < -0.39 is 5.56 Å². The fraction of sp³-hybridized carbons (Fsp3) is 0.118. The van der Waals surface area contributed by atoms with Crippen LogP contribution in [0.15, 0.2) is 35.1 Å². The van der Waals surface area contributed by atoms with Crippen LogP contribution in [0.25, 0.3) is 16.5 Å². The van der Waals surface area contributed by atoms with Gasteiger partial charge in [0.1, 0.15) is 17.4 Å². The molecule has 0 bridgehead atoms. The Hall–Kier alpha value is -3.33. The van der Waals surface area contributed by atoms with Crippen LogP contribution in [0.2, 0.25) is 0 Å². The number of rotatable bonds is 1. The third-order valence-electron chi connectivity index (χ3n) is 4.26. The summed E-state index contributed by atoms with van der Waals surface area (Å²) >= 11 is 0. The number of aryl methyl sites for hydroxylation is 2. The van der Waals surface area contributed by atoms with Gasteiger partial charge in [-0.2, -0.15) is 15.0 Å². The Bertz CT molecular complexity index is 1060. The van der Waals surface area contributed by atoms with Crippen molar-refractivity contribution in [3.05, 3.63) is 57.5 Å². The van der Waals surface area contributed by atoms with Gasteiger partial charge in [-0.3, -0.25) is 4.79 Å². The second kappa shape index (κ2) is 4.58. The average molecular weight is 304 g/mol. The summed E-state index contributed by atoms with van der Waals surface area (Å²) in [6.45, 7) is 0. The molecule has 3 aromatic rings. The number of nitrogens with zero attached hydrogens (tertiary/aromatic N) is 3. The molecule has 0 amide bonds. The van der Waals surface area contributed by atoms with Crippen LogP contribution in [0.1, 0.15) is 16.8 Å². The Balaban J connectivity index is 2.21. The third kappa shape index (κ3) is 1.67. The van der Waals surface area contributed by atoms with E-state index in [2.05, 4.69) is 5.10 Å². The Morgan fingerprint density at radius 3 is 2.65 bits per heavy atom. The van der Waals surface area contributed by atoms with Crippen molar-refractivity contribution in [2.45, 2.75) is 12.8 Å². The lowest BCUT2D eigenvalue weighted by molar-refractivity contribution is 0.479. The molecule has 0 saturated heterocycles. The van der Waals surface area contributed by atoms with E-state index in [0.717, 1.165) is 5.56 Å². The van der Waals surface area contributed by atoms with Gasteiger partial charge in [-0.25, -0.2) is 0 Å². The van der Waals surface area contributed by atoms with E-state index in [0.29, 0.717) is 29.6 Å². The zero-order valence-electron chi connectivity index (χ0n) is 12.1. The number of hydrogen-bond acceptors (Lipinski definition) is 5. The molecule has 1 aliphatic rings. The quantitative estimate of drug-likeness (QED) is 0.665. The Labute approximate surface area is 131 Å². The molecule has 6 heteroatoms. The summed E-state index contributed by atoms with van der Waals surface area (Å²) in [6.07, 6.45) is 1.23. The topological polar surface area (TPSA) is 105 Å². The van der Waals surface area contributed by atoms with Crippen molar-refractivity contribution < 1.29 is 5.11 Å². The van der Waals surface area contributed by atoms with Gasteiger partial charge >= 0.3 is 0 Å². The number of phenolic OH excluding ortho intramolecular Hbond substituents is 1. The average Bonchev–Trinajstić information content (AvgIpc) is 2.98. The molecular formula is C17H12N4O2. The summed E-state index contributed by atoms with van der Waals surface area (Å²) in [5.41, 5.74) is 7.79. The van der Waals surface area contributed by atoms with E-state index >= 15 is 0 Å². The molecule has 6 nitrogen and oxygen atoms in total. The molecule has 4 rings (SSSR count). The first-order chi connectivity index (χ1) is 11.1. The van der Waals surface area contributed by atoms with Crippen molar-refractivity contribution in [1.82, 2.24) is 9.78 Å². The van der Waals surface area contributed by atoms with E-state index in [4.69, 9.17) is 5.73 Å². The van der Waals surface area contributed by atoms with Gasteiger partial charge < -0.3 is 10.8 Å². The molecule has 0 radical (unpaired) electrons. The lowest BCUT2D eigenvalue weighted by Crippen LogP contribution is -2.23. The molecule has 0 atom stereocenters. The molecule has 3 N–H and O–H groups in total. The first-order valence-electron chi connectivity index (χ1n) is 7.18. The van der Waals surface area contributed by atoms with Crippen LogP contribution in [0.3, 0.4) is 0 Å². The molecule has 0 fully saturated rings. The van der Waals surface area contributed by atoms with Crippen LogP contribution in [0.4, 0.5) is 5.69 Å². The number of nitrogens with two attached hydrogens (primary N) is 1. The fourth-order valence-corrected chi connectivity index (χ4v) is 3.19. The summed E-state index contributed by atoms with van der Waals surface area (Å²) in [7, 11) is 0. The summed E-state index contributed by atoms with van der Waals surface area (Å²) in [4.78, 5) is 12.9. The van der Waals surface area contributed by atoms with Crippen LogP contribution in [-0.4, -0.2) is 14.9 Å². The number of anilines is 1. The van der Waals surface area contributed by atoms with Gasteiger partial charge in [0.15, 0.2) is 0 Å². The Morgan fingerprint density at radius 1 is 1.22 bits per heavy atom. The molecular weight excluding hydrogens is 292 g/mol. The van der Waals surface area contributed by atoms with Crippen LogP contribution < -0.4 is 11.3 Å². The van der Waals surface area contributed by atoms with Crippen molar-refractivity contribution in [3.8, 4) is 17.5 Å². The van der Waals surface area contributed by atoms with Gasteiger partial charge in [-0.15, -0.1) is 0 Å². The van der Waals surface area contributed by atoms with Crippen LogP contribution in [0.5, 0.6) is 5.75 Å². The minimum absolute atomic E-state index is 0.0386. The number of para-hydroxylation sites is 1. The van der Waals surface area contributed by atoms with Crippen molar-refractivity contribution >= 4 is 16.5 Å². The maximum Gasteiger partial charge on any atom is 0.283 e. The Morgan fingerprint density at radius 2 is 1.96 bits per heavy atom. The molecule has 0 aliphatic heterocycles. The molecule has 112 valence electrons. The second-order valence-corrected chi connectivity index (χ2v) is 5.48. The number of aromatic hydroxyl groups is 1. The molecule has 1 aromatic heterocycles. The highest BCUT2D eigenvalue weighted by atomic mass is 16.3. The molecule has 1 aliphatic carbocycles. The largest absolute Gasteiger partial charge is 0.506 e. The number of phenols is 1. The maximum atomic E-state index is 12.9. The van der Waals surface area contributed by atoms with Gasteiger partial charge in [0, 0.05) is 5.39 Å². The smallest absolute Gasteiger partial charge is 0.283 e. The lowest BCUT2D eigenvalue weighted by atomic mass is 10.0. The lowest BCUT2D eigenvalue weighted by Gasteiger charge is -2.12. The van der Waals surface area contributed by atoms with Crippen LogP contribution >= 0.6 is 0 Å². The second-order valence-electron chi connectivity index (χ2n) is 5.48. The van der Waals surface area contributed by atoms with Crippen molar-refractivity contribution in [2.75, 3.05) is 5.73 Å². The molecule has 2 aromatic carbocycles. The highest BCUT2D eigenvalue weighted by molar-refractivity contribution is 6.00. The number of nitriles is 1. The molecule has 0 spiro atoms. The normalized spacial score (nSPS) is 12.5. The predicted octanol–water partition coefficient (Wildman–Crippen LogP) is 1.64. The number of benzene rings is 2. The van der Waals surface area contributed by atoms with E-state index in [1.54, 1.807) is 12.1 Å². The van der Waals surface area contributed by atoms with Crippen LogP contribution in [-0.2, 0) is 12.8 Å². The highest BCUT2D eigenvalue weighted by Crippen LogP contribution is 2.40. The molecule has 1 heterocycles. The molecule has 23 heavy (non-hydrogen) atoms. The van der Waals surface area contributed by atoms with Gasteiger partial charge in [0.25, 0.3) is 5.56 Å². The summed E-state index contributed by atoms with van der Waals surface area (Å²) < 4.78 is 1.27. The minimum atomic E-state index is -0.452. The molecule has 0 unspecified atom stereocenters. The van der Waals surface area contributed by atoms with Gasteiger partial charge in [-0.1, -0.05) is 18.2 Å². The van der Waals surface area contributed by atoms with E-state index in [1.165, 1.54) is 4.68 Å². The van der Waals surface area contributed by atoms with E-state index in [1.807, 2.05) is 24.3 Å². The predicted molar refractivity (Wildman–Crippen MR) is 85.5 cm³/mol. The van der Waals surface area contributed by atoms with Crippen molar-refractivity contribution in [2.24, 2.45) is 0 Å². The van der Waals surface area contributed by atoms with Crippen molar-refractivity contribution in [3.63, 3.8) is 0 Å². The van der Waals surface area contributed by atoms with E-state index in [9.17, 15) is 15.2 Å². The summed E-state index contributed by atoms with van der Waals surface area (Å²) in [5.74, 6) is -0.357. The highest BCUT2D eigenvalue weighted by Gasteiger charge is 2.27. The molecule has 0 saturated carbocycles. The van der Waals surface area contributed by atoms with Gasteiger partial charge in [0.05, 0.1) is 22.5 Å². The van der Waals surface area contributed by atoms with Crippen LogP contribution in [0, 0.1) is 11.3 Å². The zero-order chi connectivity index (χ0) is 16.1. The summed E-state index contributed by atoms with van der Waals surface area (Å²) in [6, 6.07) is 10.9. The minimum Gasteiger partial charge on any atom is -0.506 e. The number of nitrogen functional groups attached to an aromatic ring is 1. The first kappa shape index (κ1) is 13.3. The van der Waals surface area contributed by atoms with E-state index in [-0.39, 0.29) is 22.4 Å². The van der Waals surface area contributed by atoms with Gasteiger partial charge in [-0.05, 0) is 30.5 Å². The Kier molecular flexibility index (Phi) is 2.66. The number of hydrogen-bond donors (Lipinski definition) is 2. The summed E-state index contributed by atoms with van der Waals surface area (Å²) in [5, 5.41) is 24.8. The standard InChI is InChI=1S/C17H12N4O2/c18-8-11-15(19)10-6-7-12-13(10)14(16(11)22)17(23)21(20-12)9-4-2-1-3-5-9/h1-5,22H,6-7,19H2. The zero-order valence-corrected chi connectivity index (χ0v) is 12.1. The first-order valence-corrected chi connectivity index (χ1v) is 7.18.